The van der Waals surface area contributed by atoms with Crippen LogP contribution in [0.25, 0.3) is 11.3 Å². The average molecular weight is 413 g/mol. The van der Waals surface area contributed by atoms with Gasteiger partial charge in [-0.25, -0.2) is 14.8 Å². The Hall–Kier alpha value is -3.55. The molecule has 2 amide bonds. The molecule has 5 heterocycles. The number of fused-ring (bicyclic) bond motifs is 4. The fourth-order valence-electron chi connectivity index (χ4n) is 4.50. The predicted octanol–water partition coefficient (Wildman–Crippen LogP) is 3.75. The molecular formula is C23H23N7O. The SMILES string of the molecule is Cc1cc(-c2ccc3c(n2)N(C(=O)Nc2cnc(C4CC4)cn2)[C@H]2CCN3C2)ccn1. The standard InChI is InChI=1S/C23H23N7O/c1-14-10-16(6-8-24-14)18-4-5-20-22(27-18)30(17-7-9-29(20)13-17)23(31)28-21-12-25-19(11-26-21)15-2-3-15/h4-6,8,10-12,15,17H,2-3,7,9,13H2,1H3,(H,26,28,31)/t17-/m0/s1. The lowest BCUT2D eigenvalue weighted by Crippen LogP contribution is -2.48. The maximum absolute atomic E-state index is 13.3. The summed E-state index contributed by atoms with van der Waals surface area (Å²) in [4.78, 5) is 35.5. The van der Waals surface area contributed by atoms with Crippen LogP contribution in [0.2, 0.25) is 0 Å². The number of amides is 2. The Kier molecular flexibility index (Phi) is 4.12. The third-order valence-corrected chi connectivity index (χ3v) is 6.27. The lowest BCUT2D eigenvalue weighted by atomic mass is 10.1. The summed E-state index contributed by atoms with van der Waals surface area (Å²) in [6.45, 7) is 3.71. The first-order valence-electron chi connectivity index (χ1n) is 10.8. The van der Waals surface area contributed by atoms with E-state index < -0.39 is 0 Å². The smallest absolute Gasteiger partial charge is 0.329 e. The quantitative estimate of drug-likeness (QED) is 0.704. The predicted molar refractivity (Wildman–Crippen MR) is 118 cm³/mol. The van der Waals surface area contributed by atoms with E-state index in [4.69, 9.17) is 4.98 Å². The third-order valence-electron chi connectivity index (χ3n) is 6.27. The molecule has 1 N–H and O–H groups in total. The van der Waals surface area contributed by atoms with Gasteiger partial charge in [0.15, 0.2) is 11.6 Å². The topological polar surface area (TPSA) is 87.1 Å². The number of urea groups is 1. The molecule has 0 spiro atoms. The van der Waals surface area contributed by atoms with E-state index in [9.17, 15) is 4.79 Å². The lowest BCUT2D eigenvalue weighted by molar-refractivity contribution is 0.254. The van der Waals surface area contributed by atoms with Gasteiger partial charge in [0.05, 0.1) is 35.5 Å². The molecule has 0 unspecified atom stereocenters. The van der Waals surface area contributed by atoms with E-state index in [0.29, 0.717) is 17.6 Å². The van der Waals surface area contributed by atoms with Gasteiger partial charge in [-0.2, -0.15) is 0 Å². The van der Waals surface area contributed by atoms with E-state index in [1.54, 1.807) is 23.5 Å². The van der Waals surface area contributed by atoms with Crippen molar-refractivity contribution in [2.24, 2.45) is 0 Å². The number of nitrogens with one attached hydrogen (secondary N) is 1. The van der Waals surface area contributed by atoms with Gasteiger partial charge < -0.3 is 4.90 Å². The highest BCUT2D eigenvalue weighted by Gasteiger charge is 2.40. The van der Waals surface area contributed by atoms with Crippen molar-refractivity contribution in [3.63, 3.8) is 0 Å². The molecule has 3 aromatic heterocycles. The van der Waals surface area contributed by atoms with E-state index in [1.165, 1.54) is 12.8 Å². The summed E-state index contributed by atoms with van der Waals surface area (Å²) in [7, 11) is 0. The van der Waals surface area contributed by atoms with E-state index >= 15 is 0 Å². The highest BCUT2D eigenvalue weighted by atomic mass is 16.2. The van der Waals surface area contributed by atoms with Gasteiger partial charge in [0.25, 0.3) is 0 Å². The van der Waals surface area contributed by atoms with E-state index in [2.05, 4.69) is 31.2 Å². The lowest BCUT2D eigenvalue weighted by Gasteiger charge is -2.35. The zero-order chi connectivity index (χ0) is 20.9. The van der Waals surface area contributed by atoms with Crippen LogP contribution in [0.1, 0.15) is 36.6 Å². The summed E-state index contributed by atoms with van der Waals surface area (Å²) in [5.41, 5.74) is 4.76. The molecule has 8 nitrogen and oxygen atoms in total. The number of anilines is 3. The van der Waals surface area contributed by atoms with Crippen molar-refractivity contribution >= 4 is 23.4 Å². The van der Waals surface area contributed by atoms with Crippen molar-refractivity contribution < 1.29 is 4.79 Å². The van der Waals surface area contributed by atoms with Gasteiger partial charge in [-0.05, 0) is 50.5 Å². The number of aromatic nitrogens is 4. The molecule has 0 aromatic carbocycles. The van der Waals surface area contributed by atoms with Crippen molar-refractivity contribution in [2.45, 2.75) is 38.1 Å². The molecule has 156 valence electrons. The van der Waals surface area contributed by atoms with Gasteiger partial charge in [0, 0.05) is 36.5 Å². The second-order valence-electron chi connectivity index (χ2n) is 8.51. The van der Waals surface area contributed by atoms with Crippen LogP contribution in [0.4, 0.5) is 22.1 Å². The first-order chi connectivity index (χ1) is 15.2. The van der Waals surface area contributed by atoms with Crippen LogP contribution in [0.3, 0.4) is 0 Å². The second-order valence-corrected chi connectivity index (χ2v) is 8.51. The number of carbonyl (C=O) groups excluding carboxylic acids is 1. The molecular weight excluding hydrogens is 390 g/mol. The van der Waals surface area contributed by atoms with E-state index in [1.807, 2.05) is 25.1 Å². The van der Waals surface area contributed by atoms with Crippen molar-refractivity contribution in [3.8, 4) is 11.3 Å². The minimum absolute atomic E-state index is 0.0909. The molecule has 0 radical (unpaired) electrons. The van der Waals surface area contributed by atoms with Crippen LogP contribution in [-0.4, -0.2) is 45.1 Å². The number of pyridine rings is 2. The first kappa shape index (κ1) is 18.2. The molecule has 1 saturated heterocycles. The molecule has 2 aliphatic heterocycles. The van der Waals surface area contributed by atoms with Gasteiger partial charge in [0.2, 0.25) is 0 Å². The summed E-state index contributed by atoms with van der Waals surface area (Å²) in [5.74, 6) is 1.70. The van der Waals surface area contributed by atoms with Crippen LogP contribution in [0.5, 0.6) is 0 Å². The van der Waals surface area contributed by atoms with Crippen LogP contribution in [0, 0.1) is 6.92 Å². The molecule has 1 atom stereocenters. The maximum Gasteiger partial charge on any atom is 0.329 e. The molecule has 8 heteroatoms. The average Bonchev–Trinajstić information content (AvgIpc) is 3.55. The van der Waals surface area contributed by atoms with Gasteiger partial charge in [-0.1, -0.05) is 0 Å². The highest BCUT2D eigenvalue weighted by molar-refractivity contribution is 6.04. The van der Waals surface area contributed by atoms with Crippen LogP contribution >= 0.6 is 0 Å². The maximum atomic E-state index is 13.3. The monoisotopic (exact) mass is 413 g/mol. The van der Waals surface area contributed by atoms with Crippen molar-refractivity contribution in [1.29, 1.82) is 0 Å². The Morgan fingerprint density at radius 3 is 2.77 bits per heavy atom. The second kappa shape index (κ2) is 7.01. The van der Waals surface area contributed by atoms with Crippen molar-refractivity contribution in [2.75, 3.05) is 28.2 Å². The Labute approximate surface area is 180 Å². The number of nitrogens with zero attached hydrogens (tertiary/aromatic N) is 6. The van der Waals surface area contributed by atoms with Gasteiger partial charge in [-0.15, -0.1) is 0 Å². The zero-order valence-electron chi connectivity index (χ0n) is 17.3. The minimum Gasteiger partial charge on any atom is -0.366 e. The fourth-order valence-corrected chi connectivity index (χ4v) is 4.50. The number of rotatable bonds is 3. The molecule has 1 aliphatic carbocycles. The van der Waals surface area contributed by atoms with Crippen molar-refractivity contribution in [1.82, 2.24) is 19.9 Å². The third kappa shape index (κ3) is 3.28. The fraction of sp³-hybridized carbons (Fsp3) is 0.348. The highest BCUT2D eigenvalue weighted by Crippen LogP contribution is 2.41. The summed E-state index contributed by atoms with van der Waals surface area (Å²) in [6, 6.07) is 7.92. The van der Waals surface area contributed by atoms with Gasteiger partial charge in [-0.3, -0.25) is 20.2 Å². The molecule has 3 aliphatic rings. The molecule has 1 saturated carbocycles. The van der Waals surface area contributed by atoms with Gasteiger partial charge >= 0.3 is 6.03 Å². The molecule has 3 aromatic rings. The van der Waals surface area contributed by atoms with Crippen LogP contribution < -0.4 is 15.1 Å². The van der Waals surface area contributed by atoms with Crippen LogP contribution in [-0.2, 0) is 0 Å². The Morgan fingerprint density at radius 2 is 2.00 bits per heavy atom. The molecule has 2 bridgehead atoms. The zero-order valence-corrected chi connectivity index (χ0v) is 17.3. The van der Waals surface area contributed by atoms with E-state index in [-0.39, 0.29) is 12.1 Å². The van der Waals surface area contributed by atoms with E-state index in [0.717, 1.165) is 47.8 Å². The first-order valence-corrected chi connectivity index (χ1v) is 10.8. The van der Waals surface area contributed by atoms with Crippen molar-refractivity contribution in [3.05, 3.63) is 54.2 Å². The number of hydrogen-bond acceptors (Lipinski definition) is 6. The minimum atomic E-state index is -0.211. The van der Waals surface area contributed by atoms with Crippen LogP contribution in [0.15, 0.2) is 42.9 Å². The normalized spacial score (nSPS) is 19.3. The largest absolute Gasteiger partial charge is 0.366 e. The number of carbonyl (C=O) groups is 1. The summed E-state index contributed by atoms with van der Waals surface area (Å²) < 4.78 is 0. The number of hydrogen-bond donors (Lipinski definition) is 1. The Balaban J connectivity index is 1.33. The summed E-state index contributed by atoms with van der Waals surface area (Å²) >= 11 is 0. The van der Waals surface area contributed by atoms with Gasteiger partial charge in [0.1, 0.15) is 0 Å². The molecule has 6 rings (SSSR count). The summed E-state index contributed by atoms with van der Waals surface area (Å²) in [5, 5.41) is 2.94. The molecule has 2 fully saturated rings. The summed E-state index contributed by atoms with van der Waals surface area (Å²) in [6.07, 6.45) is 8.48. The Morgan fingerprint density at radius 1 is 1.10 bits per heavy atom. The number of aryl methyl sites for hydroxylation is 1. The molecule has 31 heavy (non-hydrogen) atoms. The Bertz CT molecular complexity index is 1160.